The number of thiophene rings is 1. The van der Waals surface area contributed by atoms with Crippen molar-refractivity contribution in [1.82, 2.24) is 15.5 Å². The van der Waals surface area contributed by atoms with E-state index in [9.17, 15) is 24.0 Å². The highest BCUT2D eigenvalue weighted by molar-refractivity contribution is 8.00. The molecule has 1 aromatic heterocycles. The van der Waals surface area contributed by atoms with Crippen LogP contribution in [0.25, 0.3) is 0 Å². The van der Waals surface area contributed by atoms with Gasteiger partial charge in [-0.15, -0.1) is 23.1 Å². The Bertz CT molecular complexity index is 1180. The summed E-state index contributed by atoms with van der Waals surface area (Å²) in [6, 6.07) is 0.999. The fourth-order valence-electron chi connectivity index (χ4n) is 3.83. The maximum Gasteiger partial charge on any atom is 0.407 e. The van der Waals surface area contributed by atoms with Gasteiger partial charge < -0.3 is 24.8 Å². The molecule has 214 valence electrons. The molecule has 0 aromatic carbocycles. The first-order valence-electron chi connectivity index (χ1n) is 12.4. The molecule has 2 N–H and O–H groups in total. The van der Waals surface area contributed by atoms with Crippen molar-refractivity contribution < 1.29 is 38.2 Å². The number of carbonyl (C=O) groups excluding carboxylic acids is 5. The molecule has 0 radical (unpaired) electrons. The van der Waals surface area contributed by atoms with E-state index < -0.39 is 46.6 Å². The van der Waals surface area contributed by atoms with Gasteiger partial charge in [0.1, 0.15) is 34.9 Å². The Balaban J connectivity index is 1.65. The van der Waals surface area contributed by atoms with Crippen LogP contribution in [0.3, 0.4) is 0 Å². The van der Waals surface area contributed by atoms with Gasteiger partial charge in [0.25, 0.3) is 5.91 Å². The monoisotopic (exact) mass is 581 g/mol. The molecule has 3 rings (SSSR count). The molecule has 0 unspecified atom stereocenters. The van der Waals surface area contributed by atoms with Gasteiger partial charge in [-0.25, -0.2) is 9.59 Å². The van der Waals surface area contributed by atoms with Crippen LogP contribution in [0.15, 0.2) is 22.7 Å². The summed E-state index contributed by atoms with van der Waals surface area (Å²) in [5.74, 6) is -1.67. The molecule has 2 atom stereocenters. The summed E-state index contributed by atoms with van der Waals surface area (Å²) in [4.78, 5) is 64.5. The van der Waals surface area contributed by atoms with Gasteiger partial charge in [0.15, 0.2) is 0 Å². The lowest BCUT2D eigenvalue weighted by Gasteiger charge is -2.49. The molecule has 2 aliphatic rings. The van der Waals surface area contributed by atoms with Gasteiger partial charge in [-0.2, -0.15) is 0 Å². The average Bonchev–Trinajstić information content (AvgIpc) is 3.23. The quantitative estimate of drug-likeness (QED) is 0.269. The molecule has 3 heterocycles. The lowest BCUT2D eigenvalue weighted by Crippen LogP contribution is -2.71. The zero-order valence-corrected chi connectivity index (χ0v) is 24.8. The van der Waals surface area contributed by atoms with Crippen molar-refractivity contribution in [2.45, 2.75) is 84.0 Å². The Morgan fingerprint density at radius 1 is 1.08 bits per heavy atom. The Hall–Kier alpha value is -3.06. The number of hydrogen-bond acceptors (Lipinski definition) is 10. The Labute approximate surface area is 236 Å². The van der Waals surface area contributed by atoms with Gasteiger partial charge in [-0.05, 0) is 58.6 Å². The summed E-state index contributed by atoms with van der Waals surface area (Å²) in [6.45, 7) is 11.8. The molecule has 2 aliphatic heterocycles. The molecule has 1 fully saturated rings. The van der Waals surface area contributed by atoms with E-state index in [0.29, 0.717) is 11.3 Å². The second-order valence-electron chi connectivity index (χ2n) is 11.1. The molecule has 0 aliphatic carbocycles. The number of alkyl carbamates (subject to hydrolysis) is 1. The molecule has 39 heavy (non-hydrogen) atoms. The number of nitrogens with one attached hydrogen (secondary N) is 2. The third-order valence-corrected chi connectivity index (χ3v) is 7.69. The highest BCUT2D eigenvalue weighted by Crippen LogP contribution is 2.41. The predicted molar refractivity (Wildman–Crippen MR) is 146 cm³/mol. The first-order chi connectivity index (χ1) is 18.1. The van der Waals surface area contributed by atoms with Gasteiger partial charge in [-0.3, -0.25) is 19.3 Å². The second kappa shape index (κ2) is 12.0. The maximum atomic E-state index is 13.1. The first kappa shape index (κ1) is 30.5. The van der Waals surface area contributed by atoms with Crippen LogP contribution in [0.1, 0.15) is 58.9 Å². The van der Waals surface area contributed by atoms with Crippen molar-refractivity contribution in [3.63, 3.8) is 0 Å². The lowest BCUT2D eigenvalue weighted by atomic mass is 10.0. The number of esters is 2. The third-order valence-electron chi connectivity index (χ3n) is 5.39. The molecule has 1 saturated heterocycles. The predicted octanol–water partition coefficient (Wildman–Crippen LogP) is 2.87. The first-order valence-corrected chi connectivity index (χ1v) is 14.3. The fraction of sp³-hybridized carbons (Fsp3) is 0.577. The SMILES string of the molecule is CC(=O)OCC1=C(C(=O)OC(C)(C)C)N2C(=O)[C@@H](NC(=O)Cc3sccc3CNC(=O)OC(C)(C)C)[C@@H]2SC1. The van der Waals surface area contributed by atoms with E-state index in [1.807, 2.05) is 11.4 Å². The molecule has 1 aromatic rings. The van der Waals surface area contributed by atoms with E-state index in [1.54, 1.807) is 41.5 Å². The molecule has 11 nitrogen and oxygen atoms in total. The van der Waals surface area contributed by atoms with E-state index in [2.05, 4.69) is 10.6 Å². The van der Waals surface area contributed by atoms with E-state index in [4.69, 9.17) is 14.2 Å². The second-order valence-corrected chi connectivity index (χ2v) is 13.2. The number of rotatable bonds is 8. The van der Waals surface area contributed by atoms with Gasteiger partial charge in [0.05, 0.1) is 6.42 Å². The standard InChI is InChI=1S/C26H35N3O8S2/c1-14(30)35-12-16-13-39-22-19(21(32)29(22)20(16)23(33)36-25(2,3)4)28-18(31)10-17-15(8-9-38-17)11-27-24(34)37-26(5,6)7/h8-9,19,22H,10-13H2,1-7H3,(H,27,34)(H,28,31)/t19-,22+/m1/s1. The van der Waals surface area contributed by atoms with E-state index in [-0.39, 0.29) is 31.2 Å². The topological polar surface area (TPSA) is 140 Å². The third kappa shape index (κ3) is 8.21. The minimum Gasteiger partial charge on any atom is -0.461 e. The Morgan fingerprint density at radius 2 is 1.74 bits per heavy atom. The number of fused-ring (bicyclic) bond motifs is 1. The number of amides is 3. The van der Waals surface area contributed by atoms with Gasteiger partial charge in [-0.1, -0.05) is 0 Å². The summed E-state index contributed by atoms with van der Waals surface area (Å²) in [7, 11) is 0. The van der Waals surface area contributed by atoms with Crippen LogP contribution in [-0.2, 0) is 46.4 Å². The highest BCUT2D eigenvalue weighted by Gasteiger charge is 2.54. The fourth-order valence-corrected chi connectivity index (χ4v) is 6.06. The molecular formula is C26H35N3O8S2. The zero-order valence-electron chi connectivity index (χ0n) is 23.2. The molecular weight excluding hydrogens is 546 g/mol. The van der Waals surface area contributed by atoms with Crippen molar-refractivity contribution in [2.24, 2.45) is 0 Å². The van der Waals surface area contributed by atoms with Crippen LogP contribution in [-0.4, -0.2) is 69.7 Å². The number of hydrogen-bond donors (Lipinski definition) is 2. The molecule has 0 bridgehead atoms. The van der Waals surface area contributed by atoms with Crippen molar-refractivity contribution in [1.29, 1.82) is 0 Å². The number of ether oxygens (including phenoxy) is 3. The van der Waals surface area contributed by atoms with Crippen LogP contribution in [0.4, 0.5) is 4.79 Å². The van der Waals surface area contributed by atoms with Crippen LogP contribution >= 0.6 is 23.1 Å². The molecule has 0 saturated carbocycles. The van der Waals surface area contributed by atoms with Crippen LogP contribution in [0.5, 0.6) is 0 Å². The van der Waals surface area contributed by atoms with Crippen molar-refractivity contribution in [3.8, 4) is 0 Å². The Morgan fingerprint density at radius 3 is 2.36 bits per heavy atom. The van der Waals surface area contributed by atoms with Gasteiger partial charge >= 0.3 is 18.0 Å². The van der Waals surface area contributed by atoms with Crippen LogP contribution < -0.4 is 10.6 Å². The summed E-state index contributed by atoms with van der Waals surface area (Å²) in [6.07, 6.45) is -0.531. The van der Waals surface area contributed by atoms with E-state index in [0.717, 1.165) is 10.4 Å². The molecule has 13 heteroatoms. The van der Waals surface area contributed by atoms with Crippen molar-refractivity contribution in [3.05, 3.63) is 33.2 Å². The van der Waals surface area contributed by atoms with E-state index in [1.165, 1.54) is 34.9 Å². The minimum absolute atomic E-state index is 0.0244. The van der Waals surface area contributed by atoms with Crippen LogP contribution in [0.2, 0.25) is 0 Å². The van der Waals surface area contributed by atoms with Crippen molar-refractivity contribution in [2.75, 3.05) is 12.4 Å². The number of thioether (sulfide) groups is 1. The number of β-lactam (4-membered cyclic amide) rings is 1. The zero-order chi connectivity index (χ0) is 29.1. The average molecular weight is 582 g/mol. The van der Waals surface area contributed by atoms with Crippen molar-refractivity contribution >= 4 is 52.9 Å². The largest absolute Gasteiger partial charge is 0.461 e. The number of nitrogens with zero attached hydrogens (tertiary/aromatic N) is 1. The van der Waals surface area contributed by atoms with Crippen LogP contribution in [0, 0.1) is 0 Å². The summed E-state index contributed by atoms with van der Waals surface area (Å²) in [5.41, 5.74) is -0.116. The molecule has 3 amide bonds. The molecule has 0 spiro atoms. The summed E-state index contributed by atoms with van der Waals surface area (Å²) < 4.78 is 15.9. The van der Waals surface area contributed by atoms with Gasteiger partial charge in [0, 0.05) is 29.7 Å². The number of carbonyl (C=O) groups is 5. The van der Waals surface area contributed by atoms with Gasteiger partial charge in [0.2, 0.25) is 5.91 Å². The highest BCUT2D eigenvalue weighted by atomic mass is 32.2. The minimum atomic E-state index is -0.821. The normalized spacial score (nSPS) is 19.1. The lowest BCUT2D eigenvalue weighted by molar-refractivity contribution is -0.159. The summed E-state index contributed by atoms with van der Waals surface area (Å²) in [5, 5.41) is 6.79. The van der Waals surface area contributed by atoms with E-state index >= 15 is 0 Å². The Kier molecular flexibility index (Phi) is 9.37. The smallest absolute Gasteiger partial charge is 0.407 e. The maximum absolute atomic E-state index is 13.1. The summed E-state index contributed by atoms with van der Waals surface area (Å²) >= 11 is 2.74.